The zero-order chi connectivity index (χ0) is 16.1. The van der Waals surface area contributed by atoms with E-state index in [0.29, 0.717) is 0 Å². The lowest BCUT2D eigenvalue weighted by Gasteiger charge is -2.42. The fraction of sp³-hybridized carbons (Fsp3) is 1.00. The minimum absolute atomic E-state index is 0.0175. The lowest BCUT2D eigenvalue weighted by Crippen LogP contribution is -2.51. The predicted octanol–water partition coefficient (Wildman–Crippen LogP) is 4.16. The molecule has 3 nitrogen and oxygen atoms in total. The number of nitrogens with one attached hydrogen (secondary N) is 1. The second-order valence-electron chi connectivity index (χ2n) is 8.53. The second kappa shape index (κ2) is 7.43. The van der Waals surface area contributed by atoms with Crippen LogP contribution in [0.5, 0.6) is 0 Å². The molecule has 1 rings (SSSR count). The first-order valence-electron chi connectivity index (χ1n) is 8.52. The summed E-state index contributed by atoms with van der Waals surface area (Å²) in [5.74, 6) is 0.840. The molecular formula is C18H37NO2. The normalized spacial score (nSPS) is 27.9. The van der Waals surface area contributed by atoms with Crippen molar-refractivity contribution < 1.29 is 9.47 Å². The molecule has 0 aliphatic heterocycles. The van der Waals surface area contributed by atoms with Crippen molar-refractivity contribution in [3.8, 4) is 0 Å². The lowest BCUT2D eigenvalue weighted by molar-refractivity contribution is -0.0975. The van der Waals surface area contributed by atoms with Crippen LogP contribution in [0.4, 0.5) is 0 Å². The van der Waals surface area contributed by atoms with Crippen LogP contribution in [0.3, 0.4) is 0 Å². The second-order valence-corrected chi connectivity index (χ2v) is 8.53. The summed E-state index contributed by atoms with van der Waals surface area (Å²) in [4.78, 5) is 0. The topological polar surface area (TPSA) is 30.5 Å². The summed E-state index contributed by atoms with van der Waals surface area (Å²) in [6, 6.07) is 0. The highest BCUT2D eigenvalue weighted by atomic mass is 16.5. The monoisotopic (exact) mass is 299 g/mol. The van der Waals surface area contributed by atoms with Gasteiger partial charge in [-0.25, -0.2) is 0 Å². The Morgan fingerprint density at radius 3 is 2.14 bits per heavy atom. The molecule has 1 fully saturated rings. The van der Waals surface area contributed by atoms with Gasteiger partial charge in [0.25, 0.3) is 0 Å². The molecule has 1 N–H and O–H groups in total. The number of ether oxygens (including phenoxy) is 2. The highest BCUT2D eigenvalue weighted by Crippen LogP contribution is 2.35. The third-order valence-corrected chi connectivity index (χ3v) is 4.79. The highest BCUT2D eigenvalue weighted by molar-refractivity contribution is 4.91. The van der Waals surface area contributed by atoms with Crippen LogP contribution in [-0.4, -0.2) is 37.0 Å². The van der Waals surface area contributed by atoms with Gasteiger partial charge in [0.05, 0.1) is 17.8 Å². The summed E-state index contributed by atoms with van der Waals surface area (Å²) < 4.78 is 11.9. The fourth-order valence-electron chi connectivity index (χ4n) is 2.70. The van der Waals surface area contributed by atoms with Gasteiger partial charge < -0.3 is 14.8 Å². The number of methoxy groups -OCH3 is 1. The molecule has 1 aliphatic carbocycles. The first-order valence-corrected chi connectivity index (χ1v) is 8.52. The van der Waals surface area contributed by atoms with E-state index in [4.69, 9.17) is 9.47 Å². The van der Waals surface area contributed by atoms with Gasteiger partial charge in [-0.15, -0.1) is 0 Å². The van der Waals surface area contributed by atoms with Crippen molar-refractivity contribution in [1.29, 1.82) is 0 Å². The lowest BCUT2D eigenvalue weighted by atomic mass is 9.79. The zero-order valence-electron chi connectivity index (χ0n) is 15.3. The van der Waals surface area contributed by atoms with E-state index < -0.39 is 0 Å². The number of rotatable bonds is 7. The molecule has 0 atom stereocenters. The first kappa shape index (κ1) is 18.9. The molecule has 1 saturated carbocycles. The van der Waals surface area contributed by atoms with Gasteiger partial charge in [0.2, 0.25) is 0 Å². The molecule has 126 valence electrons. The molecule has 0 saturated heterocycles. The van der Waals surface area contributed by atoms with Gasteiger partial charge in [0, 0.05) is 19.2 Å². The minimum atomic E-state index is -0.0966. The molecule has 0 aromatic rings. The van der Waals surface area contributed by atoms with Gasteiger partial charge in [-0.3, -0.25) is 0 Å². The van der Waals surface area contributed by atoms with Crippen LogP contribution < -0.4 is 5.32 Å². The van der Waals surface area contributed by atoms with Gasteiger partial charge in [0.15, 0.2) is 0 Å². The van der Waals surface area contributed by atoms with Crippen molar-refractivity contribution in [1.82, 2.24) is 5.32 Å². The molecule has 0 amide bonds. The smallest absolute Gasteiger partial charge is 0.0806 e. The first-order chi connectivity index (χ1) is 9.58. The average molecular weight is 299 g/mol. The molecule has 0 spiro atoms. The van der Waals surface area contributed by atoms with Gasteiger partial charge in [0.1, 0.15) is 0 Å². The fourth-order valence-corrected chi connectivity index (χ4v) is 2.70. The maximum Gasteiger partial charge on any atom is 0.0806 e. The van der Waals surface area contributed by atoms with Crippen LogP contribution in [0.1, 0.15) is 73.6 Å². The molecule has 0 bridgehead atoms. The quantitative estimate of drug-likeness (QED) is 0.766. The van der Waals surface area contributed by atoms with Crippen LogP contribution in [0.2, 0.25) is 0 Å². The van der Waals surface area contributed by atoms with Crippen molar-refractivity contribution in [2.24, 2.45) is 5.92 Å². The Bertz CT molecular complexity index is 299. The zero-order valence-corrected chi connectivity index (χ0v) is 15.3. The third kappa shape index (κ3) is 7.12. The van der Waals surface area contributed by atoms with Crippen molar-refractivity contribution in [3.63, 3.8) is 0 Å². The Hall–Kier alpha value is -0.120. The van der Waals surface area contributed by atoms with E-state index in [1.165, 1.54) is 25.7 Å². The standard InChI is InChI=1S/C18H37NO2/c1-15-8-10-18(11-9-15,14-19-16(2,3)4)21-13-12-17(5,6)20-7/h15,19H,8-14H2,1-7H3. The van der Waals surface area contributed by atoms with Crippen LogP contribution in [0.15, 0.2) is 0 Å². The molecule has 0 unspecified atom stereocenters. The van der Waals surface area contributed by atoms with Crippen LogP contribution >= 0.6 is 0 Å². The van der Waals surface area contributed by atoms with E-state index in [1.807, 2.05) is 0 Å². The third-order valence-electron chi connectivity index (χ3n) is 4.79. The Morgan fingerprint density at radius 2 is 1.67 bits per heavy atom. The van der Waals surface area contributed by atoms with Gasteiger partial charge in [-0.2, -0.15) is 0 Å². The minimum Gasteiger partial charge on any atom is -0.379 e. The van der Waals surface area contributed by atoms with Crippen molar-refractivity contribution in [2.75, 3.05) is 20.3 Å². The average Bonchev–Trinajstić information content (AvgIpc) is 2.39. The molecule has 0 heterocycles. The van der Waals surface area contributed by atoms with E-state index in [1.54, 1.807) is 7.11 Å². The summed E-state index contributed by atoms with van der Waals surface area (Å²) >= 11 is 0. The van der Waals surface area contributed by atoms with Gasteiger partial charge in [-0.1, -0.05) is 6.92 Å². The van der Waals surface area contributed by atoms with Gasteiger partial charge >= 0.3 is 0 Å². The van der Waals surface area contributed by atoms with Crippen LogP contribution in [0, 0.1) is 5.92 Å². The highest BCUT2D eigenvalue weighted by Gasteiger charge is 2.36. The van der Waals surface area contributed by atoms with Crippen LogP contribution in [-0.2, 0) is 9.47 Å². The van der Waals surface area contributed by atoms with Gasteiger partial charge in [-0.05, 0) is 72.6 Å². The Kier molecular flexibility index (Phi) is 6.70. The maximum absolute atomic E-state index is 6.41. The van der Waals surface area contributed by atoms with E-state index in [-0.39, 0.29) is 16.7 Å². The molecule has 3 heteroatoms. The number of hydrogen-bond donors (Lipinski definition) is 1. The molecule has 0 aromatic carbocycles. The number of hydrogen-bond acceptors (Lipinski definition) is 3. The summed E-state index contributed by atoms with van der Waals surface area (Å²) in [6.07, 6.45) is 5.84. The Labute approximate surface area is 132 Å². The van der Waals surface area contributed by atoms with E-state index >= 15 is 0 Å². The van der Waals surface area contributed by atoms with Crippen LogP contribution in [0.25, 0.3) is 0 Å². The van der Waals surface area contributed by atoms with E-state index in [0.717, 1.165) is 25.5 Å². The molecule has 1 aliphatic rings. The Balaban J connectivity index is 2.56. The molecule has 0 radical (unpaired) electrons. The molecular weight excluding hydrogens is 262 g/mol. The SMILES string of the molecule is COC(C)(C)CCOC1(CNC(C)(C)C)CCC(C)CC1. The van der Waals surface area contributed by atoms with E-state index in [2.05, 4.69) is 46.9 Å². The Morgan fingerprint density at radius 1 is 1.10 bits per heavy atom. The summed E-state index contributed by atoms with van der Waals surface area (Å²) in [6.45, 7) is 15.0. The van der Waals surface area contributed by atoms with E-state index in [9.17, 15) is 0 Å². The largest absolute Gasteiger partial charge is 0.379 e. The summed E-state index contributed by atoms with van der Waals surface area (Å²) in [5, 5.41) is 3.65. The van der Waals surface area contributed by atoms with Crippen molar-refractivity contribution in [3.05, 3.63) is 0 Å². The summed E-state index contributed by atoms with van der Waals surface area (Å²) in [7, 11) is 1.78. The molecule has 21 heavy (non-hydrogen) atoms. The predicted molar refractivity (Wildman–Crippen MR) is 89.8 cm³/mol. The van der Waals surface area contributed by atoms with Crippen molar-refractivity contribution >= 4 is 0 Å². The maximum atomic E-state index is 6.41. The molecule has 0 aromatic heterocycles. The van der Waals surface area contributed by atoms with Crippen molar-refractivity contribution in [2.45, 2.75) is 90.4 Å². The summed E-state index contributed by atoms with van der Waals surface area (Å²) in [5.41, 5.74) is 0.0649.